The van der Waals surface area contributed by atoms with E-state index >= 15 is 0 Å². The van der Waals surface area contributed by atoms with E-state index in [9.17, 15) is 4.79 Å². The Morgan fingerprint density at radius 2 is 1.95 bits per heavy atom. The van der Waals surface area contributed by atoms with Gasteiger partial charge in [-0.25, -0.2) is 0 Å². The molecule has 2 rings (SSSR count). The van der Waals surface area contributed by atoms with Crippen LogP contribution in [0, 0.1) is 5.41 Å². The molecule has 20 heavy (non-hydrogen) atoms. The van der Waals surface area contributed by atoms with E-state index in [0.29, 0.717) is 12.6 Å². The Morgan fingerprint density at radius 3 is 2.45 bits per heavy atom. The Bertz CT molecular complexity index is 418. The second kappa shape index (κ2) is 7.65. The van der Waals surface area contributed by atoms with Crippen LogP contribution >= 0.6 is 12.4 Å². The van der Waals surface area contributed by atoms with Gasteiger partial charge in [0.05, 0.1) is 5.41 Å². The van der Waals surface area contributed by atoms with Crippen molar-refractivity contribution in [2.75, 3.05) is 13.6 Å². The molecule has 4 heteroatoms. The van der Waals surface area contributed by atoms with E-state index in [0.717, 1.165) is 19.3 Å². The van der Waals surface area contributed by atoms with Crippen molar-refractivity contribution in [1.29, 1.82) is 0 Å². The third-order valence-electron chi connectivity index (χ3n) is 4.24. The second-order valence-corrected chi connectivity index (χ2v) is 5.70. The first-order valence-corrected chi connectivity index (χ1v) is 7.16. The molecule has 1 unspecified atom stereocenters. The van der Waals surface area contributed by atoms with Gasteiger partial charge >= 0.3 is 0 Å². The third-order valence-corrected chi connectivity index (χ3v) is 4.24. The highest BCUT2D eigenvalue weighted by Crippen LogP contribution is 2.43. The molecule has 0 spiro atoms. The molecule has 1 aliphatic carbocycles. The smallest absolute Gasteiger partial charge is 0.226 e. The molecule has 1 aromatic rings. The largest absolute Gasteiger partial charge is 0.354 e. The van der Waals surface area contributed by atoms with Crippen LogP contribution in [0.5, 0.6) is 0 Å². The summed E-state index contributed by atoms with van der Waals surface area (Å²) in [6.07, 6.45) is 4.07. The molecule has 0 saturated heterocycles. The van der Waals surface area contributed by atoms with E-state index in [-0.39, 0.29) is 23.7 Å². The lowest BCUT2D eigenvalue weighted by Crippen LogP contribution is -2.49. The van der Waals surface area contributed by atoms with Crippen LogP contribution in [0.1, 0.15) is 31.7 Å². The molecule has 1 fully saturated rings. The van der Waals surface area contributed by atoms with Crippen molar-refractivity contribution >= 4 is 18.3 Å². The number of carbonyl (C=O) groups excluding carboxylic acids is 1. The number of hydrogen-bond donors (Lipinski definition) is 2. The number of amides is 1. The molecule has 3 nitrogen and oxygen atoms in total. The highest BCUT2D eigenvalue weighted by atomic mass is 35.5. The van der Waals surface area contributed by atoms with Gasteiger partial charge in [-0.15, -0.1) is 12.4 Å². The quantitative estimate of drug-likeness (QED) is 0.847. The fourth-order valence-electron chi connectivity index (χ4n) is 2.61. The molecular formula is C16H25ClN2O. The zero-order chi connectivity index (χ0) is 13.7. The molecule has 2 N–H and O–H groups in total. The average Bonchev–Trinajstić information content (AvgIpc) is 2.41. The van der Waals surface area contributed by atoms with Crippen LogP contribution in [-0.4, -0.2) is 25.5 Å². The molecule has 1 saturated carbocycles. The second-order valence-electron chi connectivity index (χ2n) is 5.70. The van der Waals surface area contributed by atoms with Gasteiger partial charge in [0.25, 0.3) is 0 Å². The Labute approximate surface area is 127 Å². The van der Waals surface area contributed by atoms with Crippen LogP contribution < -0.4 is 10.6 Å². The van der Waals surface area contributed by atoms with E-state index in [4.69, 9.17) is 0 Å². The van der Waals surface area contributed by atoms with Gasteiger partial charge in [-0.3, -0.25) is 4.79 Å². The summed E-state index contributed by atoms with van der Waals surface area (Å²) in [5.74, 6) is 0.227. The van der Waals surface area contributed by atoms with Crippen LogP contribution in [0.4, 0.5) is 0 Å². The molecule has 1 aromatic carbocycles. The van der Waals surface area contributed by atoms with Crippen LogP contribution in [0.25, 0.3) is 0 Å². The van der Waals surface area contributed by atoms with E-state index in [1.807, 2.05) is 25.2 Å². The lowest BCUT2D eigenvalue weighted by molar-refractivity contribution is -0.136. The van der Waals surface area contributed by atoms with Crippen molar-refractivity contribution in [3.63, 3.8) is 0 Å². The third kappa shape index (κ3) is 3.97. The maximum Gasteiger partial charge on any atom is 0.226 e. The summed E-state index contributed by atoms with van der Waals surface area (Å²) in [7, 11) is 1.92. The van der Waals surface area contributed by atoms with E-state index in [1.54, 1.807) is 0 Å². The SMILES string of the molecule is CNC(C)CNC(=O)C1(Cc2ccccc2)CCC1.Cl. The van der Waals surface area contributed by atoms with Crippen molar-refractivity contribution in [3.8, 4) is 0 Å². The standard InChI is InChI=1S/C16H24N2O.ClH/c1-13(17-2)12-18-15(19)16(9-6-10-16)11-14-7-4-3-5-8-14;/h3-5,7-8,13,17H,6,9-12H2,1-2H3,(H,18,19);1H. The Balaban J connectivity index is 0.00000200. The highest BCUT2D eigenvalue weighted by molar-refractivity contribution is 5.85. The summed E-state index contributed by atoms with van der Waals surface area (Å²) in [4.78, 5) is 12.4. The minimum Gasteiger partial charge on any atom is -0.354 e. The van der Waals surface area contributed by atoms with Gasteiger partial charge in [-0.1, -0.05) is 36.8 Å². The molecule has 0 radical (unpaired) electrons. The van der Waals surface area contributed by atoms with E-state index in [2.05, 4.69) is 29.7 Å². The summed E-state index contributed by atoms with van der Waals surface area (Å²) in [5, 5.41) is 6.24. The number of benzene rings is 1. The molecule has 0 aliphatic heterocycles. The number of hydrogen-bond acceptors (Lipinski definition) is 2. The van der Waals surface area contributed by atoms with Crippen molar-refractivity contribution in [1.82, 2.24) is 10.6 Å². The molecular weight excluding hydrogens is 272 g/mol. The maximum absolute atomic E-state index is 12.4. The van der Waals surface area contributed by atoms with Crippen molar-refractivity contribution in [2.24, 2.45) is 5.41 Å². The van der Waals surface area contributed by atoms with Gasteiger partial charge in [0, 0.05) is 12.6 Å². The Hall–Kier alpha value is -1.06. The Kier molecular flexibility index (Phi) is 6.50. The van der Waals surface area contributed by atoms with Crippen molar-refractivity contribution in [3.05, 3.63) is 35.9 Å². The monoisotopic (exact) mass is 296 g/mol. The molecule has 1 amide bonds. The summed E-state index contributed by atoms with van der Waals surface area (Å²) in [5.41, 5.74) is 1.11. The average molecular weight is 297 g/mol. The van der Waals surface area contributed by atoms with Gasteiger partial charge in [0.2, 0.25) is 5.91 Å². The maximum atomic E-state index is 12.4. The lowest BCUT2D eigenvalue weighted by atomic mass is 9.64. The van der Waals surface area contributed by atoms with E-state index in [1.165, 1.54) is 12.0 Å². The number of rotatable bonds is 6. The summed E-state index contributed by atoms with van der Waals surface area (Å²) >= 11 is 0. The zero-order valence-corrected chi connectivity index (χ0v) is 13.1. The first kappa shape index (κ1) is 17.0. The first-order valence-electron chi connectivity index (χ1n) is 7.16. The minimum absolute atomic E-state index is 0. The molecule has 0 heterocycles. The van der Waals surface area contributed by atoms with Crippen molar-refractivity contribution in [2.45, 2.75) is 38.6 Å². The van der Waals surface area contributed by atoms with Gasteiger partial charge in [-0.2, -0.15) is 0 Å². The molecule has 1 atom stereocenters. The number of likely N-dealkylation sites (N-methyl/N-ethyl adjacent to an activating group) is 1. The van der Waals surface area contributed by atoms with Gasteiger partial charge < -0.3 is 10.6 Å². The first-order chi connectivity index (χ1) is 9.16. The fraction of sp³-hybridized carbons (Fsp3) is 0.562. The fourth-order valence-corrected chi connectivity index (χ4v) is 2.61. The normalized spacial score (nSPS) is 17.5. The molecule has 1 aliphatic rings. The molecule has 0 aromatic heterocycles. The van der Waals surface area contributed by atoms with Gasteiger partial charge in [0.1, 0.15) is 0 Å². The van der Waals surface area contributed by atoms with Crippen LogP contribution in [0.3, 0.4) is 0 Å². The predicted octanol–water partition coefficient (Wildman–Crippen LogP) is 2.55. The lowest BCUT2D eigenvalue weighted by Gasteiger charge is -2.40. The zero-order valence-electron chi connectivity index (χ0n) is 12.3. The topological polar surface area (TPSA) is 41.1 Å². The van der Waals surface area contributed by atoms with Crippen molar-refractivity contribution < 1.29 is 4.79 Å². The van der Waals surface area contributed by atoms with Crippen LogP contribution in [-0.2, 0) is 11.2 Å². The predicted molar refractivity (Wildman–Crippen MR) is 85.2 cm³/mol. The summed E-state index contributed by atoms with van der Waals surface area (Å²) in [6, 6.07) is 10.7. The highest BCUT2D eigenvalue weighted by Gasteiger charge is 2.43. The van der Waals surface area contributed by atoms with Crippen LogP contribution in [0.2, 0.25) is 0 Å². The summed E-state index contributed by atoms with van der Waals surface area (Å²) in [6.45, 7) is 2.77. The van der Waals surface area contributed by atoms with Gasteiger partial charge in [-0.05, 0) is 38.8 Å². The minimum atomic E-state index is -0.158. The van der Waals surface area contributed by atoms with E-state index < -0.39 is 0 Å². The molecule has 0 bridgehead atoms. The van der Waals surface area contributed by atoms with Crippen LogP contribution in [0.15, 0.2) is 30.3 Å². The number of carbonyl (C=O) groups is 1. The van der Waals surface area contributed by atoms with Gasteiger partial charge in [0.15, 0.2) is 0 Å². The Morgan fingerprint density at radius 1 is 1.30 bits per heavy atom. The molecule has 112 valence electrons. The summed E-state index contributed by atoms with van der Waals surface area (Å²) < 4.78 is 0. The number of nitrogens with one attached hydrogen (secondary N) is 2. The number of halogens is 1.